The first kappa shape index (κ1) is 29.5. The Kier molecular flexibility index (Phi) is 6.97. The summed E-state index contributed by atoms with van der Waals surface area (Å²) in [6.45, 7) is -0.165. The van der Waals surface area contributed by atoms with Crippen LogP contribution in [0.1, 0.15) is 32.8 Å². The fourth-order valence-electron chi connectivity index (χ4n) is 6.17. The number of carbonyl (C=O) groups excluding carboxylic acids is 2. The molecule has 8 rings (SSSR count). The summed E-state index contributed by atoms with van der Waals surface area (Å²) in [5.41, 5.74) is -0.880. The molecule has 1 atom stereocenters. The highest BCUT2D eigenvalue weighted by molar-refractivity contribution is 8.00. The molecule has 1 spiro atoms. The number of fused-ring (bicyclic) bond motifs is 5. The number of nitrogens with zero attached hydrogens (tertiary/aromatic N) is 4. The highest BCUT2D eigenvalue weighted by atomic mass is 35.5. The number of halogens is 3. The largest absolute Gasteiger partial charge is 0.450 e. The first-order chi connectivity index (χ1) is 22.8. The van der Waals surface area contributed by atoms with Crippen LogP contribution in [-0.4, -0.2) is 22.0 Å². The molecule has 2 aromatic heterocycles. The summed E-state index contributed by atoms with van der Waals surface area (Å²) >= 11 is 8.64. The monoisotopic (exact) mass is 684 g/mol. The molecule has 4 aromatic carbocycles. The van der Waals surface area contributed by atoms with Crippen LogP contribution in [0.4, 0.5) is 19.6 Å². The van der Waals surface area contributed by atoms with Crippen LogP contribution in [0.25, 0.3) is 11.0 Å². The van der Waals surface area contributed by atoms with Crippen LogP contribution < -0.4 is 15.2 Å². The van der Waals surface area contributed by atoms with E-state index >= 15 is 4.79 Å². The first-order valence-electron chi connectivity index (χ1n) is 14.2. The summed E-state index contributed by atoms with van der Waals surface area (Å²) in [6, 6.07) is 23.4. The van der Waals surface area contributed by atoms with Crippen LogP contribution in [0.5, 0.6) is 0 Å². The third-order valence-corrected chi connectivity index (χ3v) is 10.6. The summed E-state index contributed by atoms with van der Waals surface area (Å²) < 4.78 is 34.9. The lowest BCUT2D eigenvalue weighted by molar-refractivity contribution is -0.121. The molecule has 232 valence electrons. The minimum Gasteiger partial charge on any atom is -0.450 e. The van der Waals surface area contributed by atoms with Crippen molar-refractivity contribution in [3.63, 3.8) is 0 Å². The van der Waals surface area contributed by atoms with Crippen LogP contribution in [0.3, 0.4) is 0 Å². The second-order valence-electron chi connectivity index (χ2n) is 10.9. The summed E-state index contributed by atoms with van der Waals surface area (Å²) in [5.74, 6) is -2.13. The zero-order valence-corrected chi connectivity index (χ0v) is 26.3. The number of thioether (sulfide) groups is 1. The summed E-state index contributed by atoms with van der Waals surface area (Å²) in [7, 11) is 0. The second kappa shape index (κ2) is 11.1. The fourth-order valence-corrected chi connectivity index (χ4v) is 8.19. The Bertz CT molecular complexity index is 2330. The molecule has 0 fully saturated rings. The van der Waals surface area contributed by atoms with Crippen LogP contribution >= 0.6 is 34.7 Å². The standard InChI is InChI=1S/C34H19ClF2N4O4S2/c35-20-11-14-26-22(15-20)28(42)27-29(45-26)30(43)41(32-38-39-33(47-32)46-17-18-9-12-21(36)13-10-18)34(27)23-6-2-4-8-25(23)40(31(34)44)16-19-5-1-3-7-24(19)37/h1-15H,16-17H2. The van der Waals surface area contributed by atoms with Gasteiger partial charge in [-0.2, -0.15) is 0 Å². The van der Waals surface area contributed by atoms with E-state index in [4.69, 9.17) is 16.0 Å². The van der Waals surface area contributed by atoms with E-state index in [0.717, 1.165) is 16.9 Å². The Morgan fingerprint density at radius 1 is 0.915 bits per heavy atom. The van der Waals surface area contributed by atoms with E-state index in [-0.39, 0.29) is 50.4 Å². The van der Waals surface area contributed by atoms with Gasteiger partial charge in [0.15, 0.2) is 15.3 Å². The third-order valence-electron chi connectivity index (χ3n) is 8.24. The summed E-state index contributed by atoms with van der Waals surface area (Å²) in [4.78, 5) is 46.4. The molecular weight excluding hydrogens is 666 g/mol. The molecule has 4 heterocycles. The number of anilines is 2. The maximum Gasteiger partial charge on any atom is 0.297 e. The molecule has 8 nitrogen and oxygen atoms in total. The van der Waals surface area contributed by atoms with Crippen molar-refractivity contribution < 1.29 is 22.8 Å². The molecule has 0 radical (unpaired) electrons. The van der Waals surface area contributed by atoms with Gasteiger partial charge in [0.25, 0.3) is 11.8 Å². The average molecular weight is 685 g/mol. The molecule has 2 amide bonds. The minimum absolute atomic E-state index is 0.0559. The van der Waals surface area contributed by atoms with Crippen molar-refractivity contribution in [2.24, 2.45) is 0 Å². The van der Waals surface area contributed by atoms with Gasteiger partial charge in [-0.3, -0.25) is 19.3 Å². The summed E-state index contributed by atoms with van der Waals surface area (Å²) in [5, 5.41) is 9.01. The second-order valence-corrected chi connectivity index (χ2v) is 13.5. The first-order valence-corrected chi connectivity index (χ1v) is 16.4. The normalized spacial score (nSPS) is 16.8. The molecule has 0 N–H and O–H groups in total. The number of hydrogen-bond donors (Lipinski definition) is 0. The average Bonchev–Trinajstić information content (AvgIpc) is 3.71. The van der Waals surface area contributed by atoms with E-state index in [9.17, 15) is 18.4 Å². The van der Waals surface area contributed by atoms with Crippen molar-refractivity contribution in [1.29, 1.82) is 0 Å². The van der Waals surface area contributed by atoms with Gasteiger partial charge in [0.1, 0.15) is 17.2 Å². The number of rotatable bonds is 6. The lowest BCUT2D eigenvalue weighted by Crippen LogP contribution is -2.53. The van der Waals surface area contributed by atoms with Gasteiger partial charge < -0.3 is 9.32 Å². The molecule has 47 heavy (non-hydrogen) atoms. The van der Waals surface area contributed by atoms with E-state index in [2.05, 4.69) is 10.2 Å². The summed E-state index contributed by atoms with van der Waals surface area (Å²) in [6.07, 6.45) is 0. The van der Waals surface area contributed by atoms with Gasteiger partial charge >= 0.3 is 0 Å². The predicted molar refractivity (Wildman–Crippen MR) is 175 cm³/mol. The van der Waals surface area contributed by atoms with Gasteiger partial charge in [0.05, 0.1) is 23.2 Å². The van der Waals surface area contributed by atoms with Crippen molar-refractivity contribution in [2.75, 3.05) is 9.80 Å². The van der Waals surface area contributed by atoms with Crippen LogP contribution in [0, 0.1) is 11.6 Å². The molecule has 0 saturated carbocycles. The Labute approximate surface area is 278 Å². The van der Waals surface area contributed by atoms with Crippen molar-refractivity contribution in [1.82, 2.24) is 10.2 Å². The maximum atomic E-state index is 15.0. The lowest BCUT2D eigenvalue weighted by Gasteiger charge is -2.32. The predicted octanol–water partition coefficient (Wildman–Crippen LogP) is 7.32. The van der Waals surface area contributed by atoms with E-state index in [1.807, 2.05) is 0 Å². The van der Waals surface area contributed by atoms with Gasteiger partial charge in [0.2, 0.25) is 10.9 Å². The van der Waals surface area contributed by atoms with E-state index in [0.29, 0.717) is 21.3 Å². The molecule has 6 aromatic rings. The molecule has 0 bridgehead atoms. The van der Waals surface area contributed by atoms with E-state index in [1.165, 1.54) is 58.0 Å². The number of aromatic nitrogens is 2. The minimum atomic E-state index is -2.04. The Morgan fingerprint density at radius 2 is 1.68 bits per heavy atom. The Hall–Kier alpha value is -4.91. The number of carbonyl (C=O) groups is 2. The van der Waals surface area contributed by atoms with E-state index < -0.39 is 28.6 Å². The smallest absolute Gasteiger partial charge is 0.297 e. The fraction of sp³-hybridized carbons (Fsp3) is 0.0882. The van der Waals surface area contributed by atoms with Crippen LogP contribution in [-0.2, 0) is 22.6 Å². The Morgan fingerprint density at radius 3 is 2.49 bits per heavy atom. The molecule has 13 heteroatoms. The molecular formula is C34H19ClF2N4O4S2. The number of amides is 2. The maximum absolute atomic E-state index is 15.0. The van der Waals surface area contributed by atoms with Gasteiger partial charge in [-0.15, -0.1) is 10.2 Å². The van der Waals surface area contributed by atoms with Crippen LogP contribution in [0.15, 0.2) is 105 Å². The van der Waals surface area contributed by atoms with Crippen molar-refractivity contribution >= 4 is 68.3 Å². The third kappa shape index (κ3) is 4.50. The van der Waals surface area contributed by atoms with Crippen molar-refractivity contribution in [3.8, 4) is 0 Å². The lowest BCUT2D eigenvalue weighted by atomic mass is 9.84. The zero-order valence-electron chi connectivity index (χ0n) is 23.9. The van der Waals surface area contributed by atoms with Gasteiger partial charge in [0, 0.05) is 21.9 Å². The Balaban J connectivity index is 1.32. The molecule has 2 aliphatic rings. The quantitative estimate of drug-likeness (QED) is 0.134. The van der Waals surface area contributed by atoms with Gasteiger partial charge in [-0.25, -0.2) is 8.78 Å². The molecule has 1 unspecified atom stereocenters. The van der Waals surface area contributed by atoms with Gasteiger partial charge in [-0.05, 0) is 48.0 Å². The molecule has 2 aliphatic heterocycles. The zero-order chi connectivity index (χ0) is 32.4. The number of hydrogen-bond acceptors (Lipinski definition) is 8. The number of benzene rings is 4. The van der Waals surface area contributed by atoms with E-state index in [1.54, 1.807) is 54.6 Å². The van der Waals surface area contributed by atoms with Crippen LogP contribution in [0.2, 0.25) is 5.02 Å². The highest BCUT2D eigenvalue weighted by Crippen LogP contribution is 2.55. The molecule has 0 aliphatic carbocycles. The SMILES string of the molecule is O=C1c2oc3ccc(Cl)cc3c(=O)c2C2(C(=O)N(Cc3ccccc3F)c3ccccc32)N1c1nnc(SCc2ccc(F)cc2)s1. The van der Waals surface area contributed by atoms with Crippen molar-refractivity contribution in [2.45, 2.75) is 22.2 Å². The topological polar surface area (TPSA) is 96.6 Å². The van der Waals surface area contributed by atoms with Gasteiger partial charge in [-0.1, -0.05) is 83.2 Å². The number of para-hydroxylation sites is 1. The highest BCUT2D eigenvalue weighted by Gasteiger charge is 2.66. The van der Waals surface area contributed by atoms with Crippen molar-refractivity contribution in [3.05, 3.63) is 146 Å². The molecule has 0 saturated heterocycles.